The third-order valence-corrected chi connectivity index (χ3v) is 4.28. The second kappa shape index (κ2) is 11.8. The van der Waals surface area contributed by atoms with E-state index >= 15 is 0 Å². The van der Waals surface area contributed by atoms with Crippen molar-refractivity contribution >= 4 is 35.8 Å². The summed E-state index contributed by atoms with van der Waals surface area (Å²) in [4.78, 5) is 20.9. The zero-order chi connectivity index (χ0) is 19.8. The number of amides is 1. The van der Waals surface area contributed by atoms with Crippen LogP contribution in [0.15, 0.2) is 27.8 Å². The van der Waals surface area contributed by atoms with Gasteiger partial charge < -0.3 is 25.1 Å². The van der Waals surface area contributed by atoms with E-state index in [0.717, 1.165) is 18.7 Å². The number of rotatable bonds is 8. The quantitative estimate of drug-likeness (QED) is 0.270. The van der Waals surface area contributed by atoms with Gasteiger partial charge in [0.25, 0.3) is 0 Å². The van der Waals surface area contributed by atoms with E-state index in [1.807, 2.05) is 17.7 Å². The number of methoxy groups -OCH3 is 1. The molecule has 1 atom stereocenters. The lowest BCUT2D eigenvalue weighted by Gasteiger charge is -2.25. The fraction of sp³-hybridized carbons (Fsp3) is 0.556. The largest absolute Gasteiger partial charge is 0.467 e. The zero-order valence-electron chi connectivity index (χ0n) is 16.7. The molecular weight excluding hydrogens is 489 g/mol. The summed E-state index contributed by atoms with van der Waals surface area (Å²) >= 11 is 0. The number of fused-ring (bicyclic) bond motifs is 1. The maximum Gasteiger partial charge on any atom is 0.242 e. The number of carbonyl (C=O) groups is 1. The summed E-state index contributed by atoms with van der Waals surface area (Å²) in [6, 6.07) is 3.76. The number of aliphatic imine (C=N–C) groups is 1. The Morgan fingerprint density at radius 1 is 1.45 bits per heavy atom. The van der Waals surface area contributed by atoms with Crippen molar-refractivity contribution in [1.29, 1.82) is 0 Å². The van der Waals surface area contributed by atoms with Gasteiger partial charge in [0.2, 0.25) is 5.91 Å². The van der Waals surface area contributed by atoms with Crippen LogP contribution in [-0.2, 0) is 35.6 Å². The smallest absolute Gasteiger partial charge is 0.242 e. The molecule has 11 heteroatoms. The van der Waals surface area contributed by atoms with Crippen LogP contribution in [0.25, 0.3) is 0 Å². The Kier molecular flexibility index (Phi) is 9.38. The molecule has 0 bridgehead atoms. The molecule has 0 spiro atoms. The molecule has 3 heterocycles. The molecule has 10 nitrogen and oxygen atoms in total. The van der Waals surface area contributed by atoms with Gasteiger partial charge in [0.15, 0.2) is 11.8 Å². The first-order chi connectivity index (χ1) is 13.7. The van der Waals surface area contributed by atoms with Crippen molar-refractivity contribution in [2.24, 2.45) is 4.99 Å². The van der Waals surface area contributed by atoms with Crippen LogP contribution in [0.2, 0.25) is 0 Å². The summed E-state index contributed by atoms with van der Waals surface area (Å²) in [5.41, 5.74) is 0. The highest BCUT2D eigenvalue weighted by molar-refractivity contribution is 14.0. The van der Waals surface area contributed by atoms with Crippen molar-refractivity contribution in [1.82, 2.24) is 30.7 Å². The molecule has 1 aliphatic rings. The van der Waals surface area contributed by atoms with Crippen molar-refractivity contribution in [2.45, 2.75) is 45.5 Å². The average Bonchev–Trinajstić information content (AvgIpc) is 3.34. The minimum Gasteiger partial charge on any atom is -0.467 e. The number of carbonyl (C=O) groups excluding carboxylic acids is 1. The molecule has 0 fully saturated rings. The standard InChI is InChI=1S/C18H27N7O3.HI/c1-3-19-18(21-10-17(26)20-9-14-5-4-8-28-14)22-13-6-7-16-23-15(12-27-2)24-25(16)11-13;/h4-5,8,13H,3,6-7,9-12H2,1-2H3,(H,20,26)(H2,19,21,22);1H. The lowest BCUT2D eigenvalue weighted by atomic mass is 10.1. The number of hydrogen-bond acceptors (Lipinski definition) is 6. The number of aryl methyl sites for hydroxylation is 1. The molecule has 1 aliphatic heterocycles. The molecule has 0 radical (unpaired) electrons. The molecule has 0 aliphatic carbocycles. The van der Waals surface area contributed by atoms with E-state index in [9.17, 15) is 4.79 Å². The van der Waals surface area contributed by atoms with E-state index in [2.05, 4.69) is 31.0 Å². The second-order valence-corrected chi connectivity index (χ2v) is 6.49. The molecule has 0 saturated heterocycles. The van der Waals surface area contributed by atoms with Crippen LogP contribution in [0.4, 0.5) is 0 Å². The lowest BCUT2D eigenvalue weighted by molar-refractivity contribution is -0.119. The number of furan rings is 1. The monoisotopic (exact) mass is 517 g/mol. The summed E-state index contributed by atoms with van der Waals surface area (Å²) in [6.45, 7) is 4.19. The summed E-state index contributed by atoms with van der Waals surface area (Å²) < 4.78 is 12.2. The molecule has 1 unspecified atom stereocenters. The first kappa shape index (κ1) is 23.1. The summed E-state index contributed by atoms with van der Waals surface area (Å²) in [5, 5.41) is 13.8. The maximum absolute atomic E-state index is 12.0. The molecule has 2 aromatic rings. The number of ether oxygens (including phenoxy) is 1. The van der Waals surface area contributed by atoms with Gasteiger partial charge in [-0.1, -0.05) is 0 Å². The Morgan fingerprint density at radius 3 is 3.03 bits per heavy atom. The molecule has 0 aromatic carbocycles. The number of halogens is 1. The number of nitrogens with zero attached hydrogens (tertiary/aromatic N) is 4. The van der Waals surface area contributed by atoms with Crippen LogP contribution < -0.4 is 16.0 Å². The van der Waals surface area contributed by atoms with Crippen molar-refractivity contribution in [3.05, 3.63) is 35.8 Å². The molecule has 3 N–H and O–H groups in total. The van der Waals surface area contributed by atoms with Crippen LogP contribution in [0, 0.1) is 0 Å². The predicted octanol–water partition coefficient (Wildman–Crippen LogP) is 0.822. The lowest BCUT2D eigenvalue weighted by Crippen LogP contribution is -2.47. The molecule has 160 valence electrons. The summed E-state index contributed by atoms with van der Waals surface area (Å²) in [5.74, 6) is 2.83. The van der Waals surface area contributed by atoms with E-state index in [1.54, 1.807) is 19.4 Å². The average molecular weight is 517 g/mol. The Balaban J connectivity index is 0.00000300. The molecule has 0 saturated carbocycles. The van der Waals surface area contributed by atoms with Crippen LogP contribution in [0.1, 0.15) is 30.8 Å². The van der Waals surface area contributed by atoms with Crippen molar-refractivity contribution in [3.63, 3.8) is 0 Å². The fourth-order valence-electron chi connectivity index (χ4n) is 2.99. The van der Waals surface area contributed by atoms with E-state index in [4.69, 9.17) is 9.15 Å². The molecular formula is C18H28IN7O3. The van der Waals surface area contributed by atoms with Crippen LogP contribution >= 0.6 is 24.0 Å². The molecule has 1 amide bonds. The predicted molar refractivity (Wildman–Crippen MR) is 118 cm³/mol. The van der Waals surface area contributed by atoms with E-state index in [0.29, 0.717) is 43.8 Å². The Hall–Kier alpha value is -2.15. The summed E-state index contributed by atoms with van der Waals surface area (Å²) in [7, 11) is 1.63. The van der Waals surface area contributed by atoms with Gasteiger partial charge in [0.05, 0.1) is 19.4 Å². The number of hydrogen-bond donors (Lipinski definition) is 3. The van der Waals surface area contributed by atoms with Gasteiger partial charge in [-0.05, 0) is 25.5 Å². The Labute approximate surface area is 186 Å². The topological polar surface area (TPSA) is 119 Å². The van der Waals surface area contributed by atoms with Gasteiger partial charge in [-0.2, -0.15) is 5.10 Å². The number of aromatic nitrogens is 3. The van der Waals surface area contributed by atoms with Gasteiger partial charge in [0.1, 0.15) is 24.7 Å². The third-order valence-electron chi connectivity index (χ3n) is 4.28. The minimum absolute atomic E-state index is 0. The fourth-order valence-corrected chi connectivity index (χ4v) is 2.99. The maximum atomic E-state index is 12.0. The van der Waals surface area contributed by atoms with Gasteiger partial charge in [-0.25, -0.2) is 14.7 Å². The van der Waals surface area contributed by atoms with Gasteiger partial charge in [-0.15, -0.1) is 24.0 Å². The SMILES string of the molecule is CCNC(=NCC(=O)NCc1ccco1)NC1CCc2nc(COC)nn2C1.I. The zero-order valence-corrected chi connectivity index (χ0v) is 19.0. The normalized spacial score (nSPS) is 15.9. The molecule has 2 aromatic heterocycles. The Bertz CT molecular complexity index is 791. The molecule has 29 heavy (non-hydrogen) atoms. The van der Waals surface area contributed by atoms with Gasteiger partial charge in [0, 0.05) is 26.1 Å². The van der Waals surface area contributed by atoms with E-state index in [1.165, 1.54) is 0 Å². The highest BCUT2D eigenvalue weighted by Crippen LogP contribution is 2.13. The van der Waals surface area contributed by atoms with E-state index < -0.39 is 0 Å². The minimum atomic E-state index is -0.167. The van der Waals surface area contributed by atoms with Crippen LogP contribution in [0.5, 0.6) is 0 Å². The summed E-state index contributed by atoms with van der Waals surface area (Å²) in [6.07, 6.45) is 3.33. The van der Waals surface area contributed by atoms with Crippen molar-refractivity contribution in [2.75, 3.05) is 20.2 Å². The third kappa shape index (κ3) is 6.99. The van der Waals surface area contributed by atoms with E-state index in [-0.39, 0.29) is 42.5 Å². The molecule has 3 rings (SSSR count). The Morgan fingerprint density at radius 2 is 2.31 bits per heavy atom. The first-order valence-electron chi connectivity index (χ1n) is 9.43. The van der Waals surface area contributed by atoms with Gasteiger partial charge >= 0.3 is 0 Å². The van der Waals surface area contributed by atoms with Gasteiger partial charge in [-0.3, -0.25) is 4.79 Å². The van der Waals surface area contributed by atoms with Crippen LogP contribution in [0.3, 0.4) is 0 Å². The van der Waals surface area contributed by atoms with Crippen molar-refractivity contribution < 1.29 is 13.9 Å². The highest BCUT2D eigenvalue weighted by atomic mass is 127. The highest BCUT2D eigenvalue weighted by Gasteiger charge is 2.22. The number of guanidine groups is 1. The van der Waals surface area contributed by atoms with Crippen LogP contribution in [-0.4, -0.2) is 52.9 Å². The van der Waals surface area contributed by atoms with Crippen molar-refractivity contribution in [3.8, 4) is 0 Å². The second-order valence-electron chi connectivity index (χ2n) is 6.49. The number of nitrogens with one attached hydrogen (secondary N) is 3. The first-order valence-corrected chi connectivity index (χ1v) is 9.43.